The molecule has 1 aliphatic heterocycles. The van der Waals surface area contributed by atoms with E-state index in [1.165, 1.54) is 4.90 Å². The molecule has 0 atom stereocenters. The Hall–Kier alpha value is -0.530. The molecule has 1 amide bonds. The Morgan fingerprint density at radius 1 is 1.25 bits per heavy atom. The molecule has 0 aliphatic carbocycles. The second kappa shape index (κ2) is 8.23. The van der Waals surface area contributed by atoms with Crippen LogP contribution in [0.15, 0.2) is 18.2 Å². The van der Waals surface area contributed by atoms with E-state index in [1.807, 2.05) is 0 Å². The maximum absolute atomic E-state index is 12.9. The van der Waals surface area contributed by atoms with E-state index in [0.717, 1.165) is 11.8 Å². The van der Waals surface area contributed by atoms with Gasteiger partial charge in [-0.05, 0) is 43.6 Å². The van der Waals surface area contributed by atoms with Gasteiger partial charge in [-0.2, -0.15) is 0 Å². The first-order valence-electron chi connectivity index (χ1n) is 7.27. The fourth-order valence-corrected chi connectivity index (χ4v) is 4.64. The van der Waals surface area contributed by atoms with E-state index >= 15 is 0 Å². The predicted molar refractivity (Wildman–Crippen MR) is 99.9 cm³/mol. The first-order chi connectivity index (χ1) is 10.7. The van der Waals surface area contributed by atoms with E-state index in [2.05, 4.69) is 5.32 Å². The third-order valence-corrected chi connectivity index (χ3v) is 7.00. The lowest BCUT2D eigenvalue weighted by Gasteiger charge is -2.37. The standard InChI is InChI=1S/C15H20Cl2N2O3S.ClH/c1-19(10-11-3-4-12(16)13(17)9-11)14(20)15(23(2,21)22)5-7-18-8-6-15;/h3-4,9,18H,5-8,10H2,1-2H3;1H. The second-order valence-electron chi connectivity index (χ2n) is 5.93. The predicted octanol–water partition coefficient (Wildman–Crippen LogP) is 2.54. The summed E-state index contributed by atoms with van der Waals surface area (Å²) in [5.74, 6) is -0.368. The Morgan fingerprint density at radius 3 is 2.33 bits per heavy atom. The highest BCUT2D eigenvalue weighted by Gasteiger charge is 2.49. The summed E-state index contributed by atoms with van der Waals surface area (Å²) in [5.41, 5.74) is 0.799. The molecule has 24 heavy (non-hydrogen) atoms. The topological polar surface area (TPSA) is 66.5 Å². The van der Waals surface area contributed by atoms with Crippen molar-refractivity contribution in [3.63, 3.8) is 0 Å². The Bertz CT molecular complexity index is 704. The lowest BCUT2D eigenvalue weighted by Crippen LogP contribution is -2.57. The molecule has 0 aromatic heterocycles. The normalized spacial score (nSPS) is 17.0. The number of benzene rings is 1. The first-order valence-corrected chi connectivity index (χ1v) is 9.92. The molecule has 0 radical (unpaired) electrons. The number of piperidine rings is 1. The van der Waals surface area contributed by atoms with Gasteiger partial charge in [-0.3, -0.25) is 4.79 Å². The van der Waals surface area contributed by atoms with Crippen LogP contribution in [0.25, 0.3) is 0 Å². The Labute approximate surface area is 159 Å². The van der Waals surface area contributed by atoms with Gasteiger partial charge in [-0.1, -0.05) is 29.3 Å². The van der Waals surface area contributed by atoms with Gasteiger partial charge in [0.2, 0.25) is 5.91 Å². The number of nitrogens with zero attached hydrogens (tertiary/aromatic N) is 1. The van der Waals surface area contributed by atoms with Gasteiger partial charge >= 0.3 is 0 Å². The minimum absolute atomic E-state index is 0. The highest BCUT2D eigenvalue weighted by Crippen LogP contribution is 2.30. The van der Waals surface area contributed by atoms with Crippen molar-refractivity contribution in [2.45, 2.75) is 24.1 Å². The van der Waals surface area contributed by atoms with Gasteiger partial charge in [0, 0.05) is 19.8 Å². The van der Waals surface area contributed by atoms with E-state index in [1.54, 1.807) is 25.2 Å². The zero-order valence-corrected chi connectivity index (χ0v) is 16.7. The van der Waals surface area contributed by atoms with Crippen molar-refractivity contribution in [3.05, 3.63) is 33.8 Å². The third kappa shape index (κ3) is 4.35. The smallest absolute Gasteiger partial charge is 0.244 e. The van der Waals surface area contributed by atoms with Crippen LogP contribution in [0.4, 0.5) is 0 Å². The summed E-state index contributed by atoms with van der Waals surface area (Å²) in [5, 5.41) is 3.95. The zero-order chi connectivity index (χ0) is 17.3. The molecule has 1 aromatic carbocycles. The molecule has 0 bridgehead atoms. The number of sulfone groups is 1. The maximum atomic E-state index is 12.9. The molecule has 1 heterocycles. The van der Waals surface area contributed by atoms with Crippen molar-refractivity contribution in [1.82, 2.24) is 10.2 Å². The molecule has 1 aromatic rings. The van der Waals surface area contributed by atoms with Gasteiger partial charge in [-0.15, -0.1) is 12.4 Å². The summed E-state index contributed by atoms with van der Waals surface area (Å²) in [7, 11) is -1.91. The Balaban J connectivity index is 0.00000288. The van der Waals surface area contributed by atoms with E-state index in [9.17, 15) is 13.2 Å². The van der Waals surface area contributed by atoms with Crippen molar-refractivity contribution < 1.29 is 13.2 Å². The molecule has 1 saturated heterocycles. The van der Waals surface area contributed by atoms with E-state index in [0.29, 0.717) is 23.1 Å². The third-order valence-electron chi connectivity index (χ3n) is 4.26. The van der Waals surface area contributed by atoms with Crippen molar-refractivity contribution in [3.8, 4) is 0 Å². The van der Waals surface area contributed by atoms with Crippen molar-refractivity contribution in [2.75, 3.05) is 26.4 Å². The molecular weight excluding hydrogens is 395 g/mol. The van der Waals surface area contributed by atoms with E-state index < -0.39 is 14.6 Å². The largest absolute Gasteiger partial charge is 0.340 e. The van der Waals surface area contributed by atoms with Crippen LogP contribution in [0.5, 0.6) is 0 Å². The number of amides is 1. The number of carbonyl (C=O) groups is 1. The van der Waals surface area contributed by atoms with Crippen LogP contribution in [0, 0.1) is 0 Å². The number of halogens is 3. The lowest BCUT2D eigenvalue weighted by atomic mass is 9.95. The quantitative estimate of drug-likeness (QED) is 0.820. The molecule has 1 fully saturated rings. The van der Waals surface area contributed by atoms with Crippen molar-refractivity contribution in [2.24, 2.45) is 0 Å². The fourth-order valence-electron chi connectivity index (χ4n) is 2.91. The number of hydrogen-bond donors (Lipinski definition) is 1. The summed E-state index contributed by atoms with van der Waals surface area (Å²) in [4.78, 5) is 14.3. The average molecular weight is 416 g/mol. The highest BCUT2D eigenvalue weighted by atomic mass is 35.5. The fraction of sp³-hybridized carbons (Fsp3) is 0.533. The van der Waals surface area contributed by atoms with Gasteiger partial charge in [0.05, 0.1) is 10.0 Å². The number of rotatable bonds is 4. The minimum atomic E-state index is -3.52. The minimum Gasteiger partial charge on any atom is -0.340 e. The second-order valence-corrected chi connectivity index (χ2v) is 9.07. The Kier molecular flexibility index (Phi) is 7.38. The van der Waals surface area contributed by atoms with Crippen LogP contribution in [0.2, 0.25) is 10.0 Å². The molecule has 9 heteroatoms. The van der Waals surface area contributed by atoms with Gasteiger partial charge in [0.25, 0.3) is 0 Å². The van der Waals surface area contributed by atoms with E-state index in [-0.39, 0.29) is 37.7 Å². The molecule has 0 spiro atoms. The molecule has 0 unspecified atom stereocenters. The lowest BCUT2D eigenvalue weighted by molar-refractivity contribution is -0.134. The van der Waals surface area contributed by atoms with Crippen LogP contribution >= 0.6 is 35.6 Å². The van der Waals surface area contributed by atoms with Gasteiger partial charge < -0.3 is 10.2 Å². The molecule has 1 aliphatic rings. The summed E-state index contributed by atoms with van der Waals surface area (Å²) in [6.45, 7) is 1.30. The van der Waals surface area contributed by atoms with Crippen LogP contribution in [0.1, 0.15) is 18.4 Å². The summed E-state index contributed by atoms with van der Waals surface area (Å²) in [6, 6.07) is 5.12. The van der Waals surface area contributed by atoms with Gasteiger partial charge in [0.15, 0.2) is 14.6 Å². The summed E-state index contributed by atoms with van der Waals surface area (Å²) < 4.78 is 23.2. The van der Waals surface area contributed by atoms with Crippen LogP contribution in [-0.2, 0) is 21.2 Å². The monoisotopic (exact) mass is 414 g/mol. The Morgan fingerprint density at radius 2 is 1.83 bits per heavy atom. The zero-order valence-electron chi connectivity index (χ0n) is 13.5. The van der Waals surface area contributed by atoms with E-state index in [4.69, 9.17) is 23.2 Å². The maximum Gasteiger partial charge on any atom is 0.244 e. The summed E-state index contributed by atoms with van der Waals surface area (Å²) in [6.07, 6.45) is 1.72. The number of carbonyl (C=O) groups excluding carboxylic acids is 1. The SMILES string of the molecule is CN(Cc1ccc(Cl)c(Cl)c1)C(=O)C1(S(C)(=O)=O)CCNCC1.Cl. The van der Waals surface area contributed by atoms with Crippen LogP contribution in [0.3, 0.4) is 0 Å². The highest BCUT2D eigenvalue weighted by molar-refractivity contribution is 7.92. The molecule has 136 valence electrons. The number of hydrogen-bond acceptors (Lipinski definition) is 4. The number of nitrogens with one attached hydrogen (secondary N) is 1. The van der Waals surface area contributed by atoms with Crippen LogP contribution < -0.4 is 5.32 Å². The molecule has 2 rings (SSSR count). The van der Waals surface area contributed by atoms with Crippen LogP contribution in [-0.4, -0.2) is 50.4 Å². The molecule has 5 nitrogen and oxygen atoms in total. The van der Waals surface area contributed by atoms with Gasteiger partial charge in [0.1, 0.15) is 0 Å². The summed E-state index contributed by atoms with van der Waals surface area (Å²) >= 11 is 11.9. The first kappa shape index (κ1) is 21.5. The molecular formula is C15H21Cl3N2O3S. The van der Waals surface area contributed by atoms with Crippen molar-refractivity contribution in [1.29, 1.82) is 0 Å². The van der Waals surface area contributed by atoms with Crippen molar-refractivity contribution >= 4 is 51.4 Å². The van der Waals surface area contributed by atoms with Gasteiger partial charge in [-0.25, -0.2) is 8.42 Å². The average Bonchev–Trinajstić information content (AvgIpc) is 2.49. The molecule has 1 N–H and O–H groups in total. The molecule has 0 saturated carbocycles.